The molecule has 3 aromatic heterocycles. The number of benzene rings is 1. The molecule has 7 rings (SSSR count). The Morgan fingerprint density at radius 3 is 2.59 bits per heavy atom. The van der Waals surface area contributed by atoms with Crippen LogP contribution in [0.15, 0.2) is 48.9 Å². The van der Waals surface area contributed by atoms with E-state index in [1.165, 1.54) is 11.3 Å². The maximum absolute atomic E-state index is 12.9. The van der Waals surface area contributed by atoms with Crippen molar-refractivity contribution in [1.29, 1.82) is 0 Å². The molecule has 14 nitrogen and oxygen atoms in total. The average molecular weight is 730 g/mol. The first-order valence-corrected chi connectivity index (χ1v) is 18.3. The Balaban J connectivity index is 0.905. The van der Waals surface area contributed by atoms with Crippen LogP contribution in [0, 0.1) is 13.8 Å². The second-order valence-corrected chi connectivity index (χ2v) is 14.4. The molecule has 16 heteroatoms. The number of nitrogens with one attached hydrogen (secondary N) is 3. The first-order valence-electron chi connectivity index (χ1n) is 17.1. The number of hydrogen-bond acceptors (Lipinski definition) is 12. The molecule has 0 radical (unpaired) electrons. The number of piperazine rings is 1. The van der Waals surface area contributed by atoms with Gasteiger partial charge in [-0.25, -0.2) is 19.7 Å². The predicted molar refractivity (Wildman–Crippen MR) is 198 cm³/mol. The van der Waals surface area contributed by atoms with Crippen molar-refractivity contribution in [3.05, 3.63) is 75.8 Å². The van der Waals surface area contributed by atoms with Crippen molar-refractivity contribution in [3.8, 4) is 0 Å². The third-order valence-electron chi connectivity index (χ3n) is 9.59. The molecule has 0 bridgehead atoms. The number of para-hydroxylation sites is 1. The predicted octanol–water partition coefficient (Wildman–Crippen LogP) is 4.83. The van der Waals surface area contributed by atoms with Gasteiger partial charge in [0.15, 0.2) is 5.13 Å². The van der Waals surface area contributed by atoms with Crippen LogP contribution in [0.2, 0.25) is 5.02 Å². The van der Waals surface area contributed by atoms with Gasteiger partial charge in [-0.3, -0.25) is 34.6 Å². The standard InChI is InChI=1S/C35H40ClN11O3S/c1-22-4-3-5-26(36)32(22)43-33(49)28-20-38-34(51-28)41-29-18-30(40-23(2)39-29)46-11-7-25(8-12-46)45-16-14-44(15-17-45)21-24-6-10-37-19-27(24)47-13-9-31(48)42-35(47)50/h3-6,10,18-20,25H,7-9,11-17,21H2,1-2H3,(H,43,49)(H,42,48,50)(H,38,39,40,41). The van der Waals surface area contributed by atoms with Gasteiger partial charge in [-0.1, -0.05) is 35.1 Å². The number of amides is 4. The van der Waals surface area contributed by atoms with E-state index in [9.17, 15) is 14.4 Å². The van der Waals surface area contributed by atoms with Gasteiger partial charge in [0, 0.05) is 77.1 Å². The second kappa shape index (κ2) is 15.3. The van der Waals surface area contributed by atoms with Crippen LogP contribution in [-0.4, -0.2) is 99.4 Å². The lowest BCUT2D eigenvalue weighted by molar-refractivity contribution is -0.120. The maximum atomic E-state index is 12.9. The molecule has 51 heavy (non-hydrogen) atoms. The van der Waals surface area contributed by atoms with Crippen LogP contribution >= 0.6 is 22.9 Å². The molecular weight excluding hydrogens is 690 g/mol. The van der Waals surface area contributed by atoms with E-state index < -0.39 is 0 Å². The van der Waals surface area contributed by atoms with Crippen LogP contribution < -0.4 is 25.8 Å². The molecule has 0 unspecified atom stereocenters. The van der Waals surface area contributed by atoms with E-state index in [0.717, 1.165) is 81.3 Å². The average Bonchev–Trinajstić information content (AvgIpc) is 3.59. The molecule has 0 aliphatic carbocycles. The van der Waals surface area contributed by atoms with Crippen molar-refractivity contribution in [2.24, 2.45) is 0 Å². The maximum Gasteiger partial charge on any atom is 0.328 e. The molecule has 3 fully saturated rings. The van der Waals surface area contributed by atoms with Gasteiger partial charge in [0.25, 0.3) is 5.91 Å². The minimum atomic E-state index is -0.388. The fourth-order valence-electron chi connectivity index (χ4n) is 6.86. The fourth-order valence-corrected chi connectivity index (χ4v) is 7.85. The number of aryl methyl sites for hydroxylation is 2. The molecule has 266 valence electrons. The summed E-state index contributed by atoms with van der Waals surface area (Å²) in [6.07, 6.45) is 7.39. The van der Waals surface area contributed by atoms with Gasteiger partial charge in [-0.2, -0.15) is 0 Å². The smallest absolute Gasteiger partial charge is 0.328 e. The number of halogens is 1. The van der Waals surface area contributed by atoms with Crippen molar-refractivity contribution in [2.45, 2.75) is 45.7 Å². The van der Waals surface area contributed by atoms with Crippen molar-refractivity contribution in [2.75, 3.05) is 66.2 Å². The van der Waals surface area contributed by atoms with Crippen LogP contribution in [0.3, 0.4) is 0 Å². The van der Waals surface area contributed by atoms with Gasteiger partial charge in [0.2, 0.25) is 5.91 Å². The van der Waals surface area contributed by atoms with Crippen LogP contribution in [0.25, 0.3) is 0 Å². The monoisotopic (exact) mass is 729 g/mol. The van der Waals surface area contributed by atoms with Crippen molar-refractivity contribution in [3.63, 3.8) is 0 Å². The summed E-state index contributed by atoms with van der Waals surface area (Å²) in [5.41, 5.74) is 3.28. The fraction of sp³-hybridized carbons (Fsp3) is 0.400. The zero-order chi connectivity index (χ0) is 35.5. The Hall–Kier alpha value is -4.70. The molecule has 3 aliphatic heterocycles. The highest BCUT2D eigenvalue weighted by Crippen LogP contribution is 2.30. The summed E-state index contributed by atoms with van der Waals surface area (Å²) in [5, 5.41) is 9.62. The number of imide groups is 1. The number of carbonyl (C=O) groups excluding carboxylic acids is 3. The van der Waals surface area contributed by atoms with Crippen LogP contribution in [0.4, 0.5) is 32.9 Å². The highest BCUT2D eigenvalue weighted by atomic mass is 35.5. The lowest BCUT2D eigenvalue weighted by Crippen LogP contribution is -2.53. The summed E-state index contributed by atoms with van der Waals surface area (Å²) in [6.45, 7) is 10.5. The molecule has 6 heterocycles. The third kappa shape index (κ3) is 8.12. The largest absolute Gasteiger partial charge is 0.356 e. The van der Waals surface area contributed by atoms with E-state index >= 15 is 0 Å². The Labute approximate surface area is 305 Å². The Bertz CT molecular complexity index is 1900. The van der Waals surface area contributed by atoms with E-state index in [1.807, 2.05) is 38.1 Å². The van der Waals surface area contributed by atoms with E-state index in [2.05, 4.69) is 45.6 Å². The molecule has 0 saturated carbocycles. The molecule has 4 amide bonds. The molecule has 3 saturated heterocycles. The highest BCUT2D eigenvalue weighted by molar-refractivity contribution is 7.17. The number of anilines is 5. The molecule has 3 aliphatic rings. The normalized spacial score (nSPS) is 17.8. The number of piperidine rings is 1. The van der Waals surface area contributed by atoms with Crippen molar-refractivity contribution >= 4 is 68.9 Å². The molecule has 0 spiro atoms. The number of thiazole rings is 1. The van der Waals surface area contributed by atoms with Crippen molar-refractivity contribution < 1.29 is 14.4 Å². The number of aromatic nitrogens is 4. The summed E-state index contributed by atoms with van der Waals surface area (Å²) in [4.78, 5) is 64.5. The van der Waals surface area contributed by atoms with Gasteiger partial charge in [-0.05, 0) is 49.9 Å². The van der Waals surface area contributed by atoms with E-state index in [1.54, 1.807) is 29.6 Å². The first kappa shape index (κ1) is 34.7. The van der Waals surface area contributed by atoms with Crippen LogP contribution in [-0.2, 0) is 11.3 Å². The van der Waals surface area contributed by atoms with Gasteiger partial charge >= 0.3 is 6.03 Å². The number of nitrogens with zero attached hydrogens (tertiary/aromatic N) is 8. The summed E-state index contributed by atoms with van der Waals surface area (Å²) >= 11 is 7.54. The van der Waals surface area contributed by atoms with E-state index in [0.29, 0.717) is 44.9 Å². The third-order valence-corrected chi connectivity index (χ3v) is 10.8. The number of rotatable bonds is 9. The van der Waals surface area contributed by atoms with Gasteiger partial charge < -0.3 is 15.5 Å². The Kier molecular flexibility index (Phi) is 10.4. The number of urea groups is 1. The number of carbonyl (C=O) groups is 3. The number of pyridine rings is 1. The van der Waals surface area contributed by atoms with Gasteiger partial charge in [0.05, 0.1) is 28.8 Å². The lowest BCUT2D eigenvalue weighted by Gasteiger charge is -2.43. The first-order chi connectivity index (χ1) is 24.7. The summed E-state index contributed by atoms with van der Waals surface area (Å²) in [5.74, 6) is 1.64. The quantitative estimate of drug-likeness (QED) is 0.217. The molecule has 3 N–H and O–H groups in total. The molecular formula is C35H40ClN11O3S. The topological polar surface area (TPSA) is 152 Å². The van der Waals surface area contributed by atoms with E-state index in [-0.39, 0.29) is 24.3 Å². The van der Waals surface area contributed by atoms with E-state index in [4.69, 9.17) is 16.6 Å². The minimum Gasteiger partial charge on any atom is -0.356 e. The van der Waals surface area contributed by atoms with Crippen molar-refractivity contribution in [1.82, 2.24) is 35.1 Å². The SMILES string of the molecule is Cc1nc(Nc2ncc(C(=O)Nc3c(C)cccc3Cl)s2)cc(N2CCC(N3CCN(Cc4ccncc4N4CCC(=O)NC4=O)CC3)CC2)n1. The minimum absolute atomic E-state index is 0.243. The zero-order valence-electron chi connectivity index (χ0n) is 28.6. The Morgan fingerprint density at radius 2 is 1.82 bits per heavy atom. The summed E-state index contributed by atoms with van der Waals surface area (Å²) < 4.78 is 0. The second-order valence-electron chi connectivity index (χ2n) is 13.0. The zero-order valence-corrected chi connectivity index (χ0v) is 30.1. The van der Waals surface area contributed by atoms with Crippen LogP contribution in [0.1, 0.15) is 45.9 Å². The molecule has 4 aromatic rings. The Morgan fingerprint density at radius 1 is 1.02 bits per heavy atom. The van der Waals surface area contributed by atoms with Crippen LogP contribution in [0.5, 0.6) is 0 Å². The summed E-state index contributed by atoms with van der Waals surface area (Å²) in [6, 6.07) is 9.52. The van der Waals surface area contributed by atoms with Gasteiger partial charge in [0.1, 0.15) is 22.3 Å². The van der Waals surface area contributed by atoms with Gasteiger partial charge in [-0.15, -0.1) is 0 Å². The summed E-state index contributed by atoms with van der Waals surface area (Å²) in [7, 11) is 0. The lowest BCUT2D eigenvalue weighted by atomic mass is 10.0. The highest BCUT2D eigenvalue weighted by Gasteiger charge is 2.30. The molecule has 1 aromatic carbocycles. The molecule has 0 atom stereocenters. The number of hydrogen-bond donors (Lipinski definition) is 3.